The number of hydrogen-bond acceptors (Lipinski definition) is 7. The van der Waals surface area contributed by atoms with E-state index in [0.717, 1.165) is 23.9 Å². The molecule has 3 aromatic carbocycles. The fraction of sp³-hybridized carbons (Fsp3) is 0.303. The molecule has 0 unspecified atom stereocenters. The first-order valence-electron chi connectivity index (χ1n) is 14.6. The first-order valence-corrected chi connectivity index (χ1v) is 15.0. The Morgan fingerprint density at radius 1 is 0.837 bits per heavy atom. The number of carbonyl (C=O) groups excluding carboxylic acids is 2. The number of fused-ring (bicyclic) bond motifs is 2. The van der Waals surface area contributed by atoms with E-state index >= 15 is 0 Å². The third kappa shape index (κ3) is 7.18. The number of piperidine rings is 1. The van der Waals surface area contributed by atoms with E-state index in [-0.39, 0.29) is 11.8 Å². The summed E-state index contributed by atoms with van der Waals surface area (Å²) in [5.74, 6) is 1.04. The first kappa shape index (κ1) is 28.8. The van der Waals surface area contributed by atoms with Gasteiger partial charge in [-0.1, -0.05) is 18.0 Å². The lowest BCUT2D eigenvalue weighted by atomic mass is 10.1. The van der Waals surface area contributed by atoms with Crippen LogP contribution >= 0.6 is 11.6 Å². The smallest absolute Gasteiger partial charge is 0.255 e. The molecule has 3 heterocycles. The molecule has 2 amide bonds. The molecule has 1 aromatic heterocycles. The fourth-order valence-electron chi connectivity index (χ4n) is 5.26. The summed E-state index contributed by atoms with van der Waals surface area (Å²) in [6, 6.07) is 19.0. The van der Waals surface area contributed by atoms with Gasteiger partial charge in [-0.15, -0.1) is 0 Å². The Kier molecular flexibility index (Phi) is 8.91. The molecule has 222 valence electrons. The molecule has 6 rings (SSSR count). The van der Waals surface area contributed by atoms with Crippen LogP contribution in [0.3, 0.4) is 0 Å². The maximum atomic E-state index is 13.1. The maximum absolute atomic E-state index is 13.1. The van der Waals surface area contributed by atoms with Crippen molar-refractivity contribution in [3.05, 3.63) is 82.9 Å². The molecule has 4 aromatic rings. The van der Waals surface area contributed by atoms with Crippen molar-refractivity contribution in [3.8, 4) is 17.4 Å². The van der Waals surface area contributed by atoms with Crippen molar-refractivity contribution >= 4 is 45.7 Å². The Bertz CT molecular complexity index is 1640. The molecule has 2 aliphatic heterocycles. The largest absolute Gasteiger partial charge is 0.486 e. The lowest BCUT2D eigenvalue weighted by Crippen LogP contribution is -2.31. The minimum Gasteiger partial charge on any atom is -0.486 e. The van der Waals surface area contributed by atoms with E-state index in [2.05, 4.69) is 20.5 Å². The predicted molar refractivity (Wildman–Crippen MR) is 167 cm³/mol. The van der Waals surface area contributed by atoms with Crippen LogP contribution in [-0.2, 0) is 0 Å². The van der Waals surface area contributed by atoms with Crippen LogP contribution < -0.4 is 24.8 Å². The lowest BCUT2D eigenvalue weighted by Gasteiger charge is -2.26. The van der Waals surface area contributed by atoms with Crippen LogP contribution in [0, 0.1) is 0 Å². The van der Waals surface area contributed by atoms with Crippen molar-refractivity contribution in [1.82, 2.24) is 9.88 Å². The van der Waals surface area contributed by atoms with E-state index in [1.54, 1.807) is 54.6 Å². The molecule has 43 heavy (non-hydrogen) atoms. The van der Waals surface area contributed by atoms with Crippen LogP contribution in [0.15, 0.2) is 66.7 Å². The van der Waals surface area contributed by atoms with Crippen molar-refractivity contribution < 1.29 is 23.8 Å². The molecule has 0 atom stereocenters. The molecule has 10 heteroatoms. The summed E-state index contributed by atoms with van der Waals surface area (Å²) >= 11 is 6.38. The number of benzene rings is 3. The SMILES string of the molecule is O=C(Nc1ccc(Cl)c(NC(=O)c2ccc3nc(OCCCN4CCCCC4)ccc3c2)c1)c1ccc2c(c1)OCCO2. The molecule has 0 aliphatic carbocycles. The number of pyridine rings is 1. The molecule has 0 spiro atoms. The molecule has 2 N–H and O–H groups in total. The molecular weight excluding hydrogens is 568 g/mol. The highest BCUT2D eigenvalue weighted by Gasteiger charge is 2.17. The molecule has 1 fully saturated rings. The van der Waals surface area contributed by atoms with Crippen LogP contribution in [-0.4, -0.2) is 61.2 Å². The number of carbonyl (C=O) groups is 2. The Labute approximate surface area is 255 Å². The summed E-state index contributed by atoms with van der Waals surface area (Å²) in [5.41, 5.74) is 2.46. The summed E-state index contributed by atoms with van der Waals surface area (Å²) in [6.07, 6.45) is 4.87. The van der Waals surface area contributed by atoms with Gasteiger partial charge in [0, 0.05) is 34.8 Å². The number of anilines is 2. The van der Waals surface area contributed by atoms with E-state index in [4.69, 9.17) is 25.8 Å². The Balaban J connectivity index is 1.07. The van der Waals surface area contributed by atoms with E-state index in [1.807, 2.05) is 12.1 Å². The van der Waals surface area contributed by atoms with Gasteiger partial charge in [0.15, 0.2) is 11.5 Å². The van der Waals surface area contributed by atoms with Gasteiger partial charge in [-0.3, -0.25) is 9.59 Å². The predicted octanol–water partition coefficient (Wildman–Crippen LogP) is 6.42. The summed E-state index contributed by atoms with van der Waals surface area (Å²) < 4.78 is 17.0. The molecular formula is C33H33ClN4O5. The van der Waals surface area contributed by atoms with Crippen LogP contribution in [0.2, 0.25) is 5.02 Å². The van der Waals surface area contributed by atoms with E-state index in [0.29, 0.717) is 64.7 Å². The van der Waals surface area contributed by atoms with Gasteiger partial charge in [0.25, 0.3) is 11.8 Å². The third-order valence-electron chi connectivity index (χ3n) is 7.52. The third-order valence-corrected chi connectivity index (χ3v) is 7.85. The summed E-state index contributed by atoms with van der Waals surface area (Å²) in [7, 11) is 0. The number of hydrogen-bond donors (Lipinski definition) is 2. The number of amides is 2. The van der Waals surface area contributed by atoms with Crippen LogP contribution in [0.4, 0.5) is 11.4 Å². The van der Waals surface area contributed by atoms with Gasteiger partial charge in [-0.25, -0.2) is 4.98 Å². The molecule has 2 aliphatic rings. The molecule has 9 nitrogen and oxygen atoms in total. The first-order chi connectivity index (χ1) is 21.0. The number of likely N-dealkylation sites (tertiary alicyclic amines) is 1. The van der Waals surface area contributed by atoms with E-state index in [9.17, 15) is 9.59 Å². The number of halogens is 1. The quantitative estimate of drug-likeness (QED) is 0.214. The summed E-state index contributed by atoms with van der Waals surface area (Å²) in [6.45, 7) is 4.93. The van der Waals surface area contributed by atoms with Gasteiger partial charge in [-0.05, 0) is 93.0 Å². The summed E-state index contributed by atoms with van der Waals surface area (Å²) in [5, 5.41) is 6.85. The topological polar surface area (TPSA) is 102 Å². The second kappa shape index (κ2) is 13.3. The normalized spacial score (nSPS) is 14.7. The van der Waals surface area contributed by atoms with Crippen LogP contribution in [0.5, 0.6) is 17.4 Å². The molecule has 0 radical (unpaired) electrons. The second-order valence-electron chi connectivity index (χ2n) is 10.6. The van der Waals surface area contributed by atoms with Crippen LogP contribution in [0.25, 0.3) is 10.9 Å². The Morgan fingerprint density at radius 2 is 1.60 bits per heavy atom. The zero-order valence-corrected chi connectivity index (χ0v) is 24.5. The number of nitrogens with one attached hydrogen (secondary N) is 2. The van der Waals surface area contributed by atoms with Gasteiger partial charge < -0.3 is 29.7 Å². The highest BCUT2D eigenvalue weighted by Crippen LogP contribution is 2.32. The average Bonchev–Trinajstić information content (AvgIpc) is 3.04. The fourth-order valence-corrected chi connectivity index (χ4v) is 5.42. The monoisotopic (exact) mass is 600 g/mol. The molecule has 0 bridgehead atoms. The number of aromatic nitrogens is 1. The van der Waals surface area contributed by atoms with Gasteiger partial charge in [0.2, 0.25) is 5.88 Å². The van der Waals surface area contributed by atoms with Crippen molar-refractivity contribution in [2.45, 2.75) is 25.7 Å². The highest BCUT2D eigenvalue weighted by atomic mass is 35.5. The zero-order chi connectivity index (χ0) is 29.6. The average molecular weight is 601 g/mol. The van der Waals surface area contributed by atoms with Crippen molar-refractivity contribution in [1.29, 1.82) is 0 Å². The highest BCUT2D eigenvalue weighted by molar-refractivity contribution is 6.34. The standard InChI is InChI=1S/C33H33ClN4O5/c34-26-9-8-25(35-32(39)24-6-11-29-30(20-24)42-18-17-41-29)21-28(26)37-33(40)23-5-10-27-22(19-23)7-12-31(36-27)43-16-4-15-38-13-2-1-3-14-38/h5-12,19-21H,1-4,13-18H2,(H,35,39)(H,37,40). The lowest BCUT2D eigenvalue weighted by molar-refractivity contribution is 0.101. The molecule has 1 saturated heterocycles. The van der Waals surface area contributed by atoms with Crippen LogP contribution in [0.1, 0.15) is 46.4 Å². The maximum Gasteiger partial charge on any atom is 0.255 e. The number of rotatable bonds is 9. The second-order valence-corrected chi connectivity index (χ2v) is 11.0. The minimum absolute atomic E-state index is 0.330. The number of nitrogens with zero attached hydrogens (tertiary/aromatic N) is 2. The van der Waals surface area contributed by atoms with E-state index < -0.39 is 0 Å². The van der Waals surface area contributed by atoms with Crippen molar-refractivity contribution in [2.24, 2.45) is 0 Å². The van der Waals surface area contributed by atoms with Gasteiger partial charge in [0.05, 0.1) is 22.8 Å². The van der Waals surface area contributed by atoms with E-state index in [1.165, 1.54) is 32.4 Å². The zero-order valence-electron chi connectivity index (χ0n) is 23.7. The van der Waals surface area contributed by atoms with Crippen molar-refractivity contribution in [2.75, 3.05) is 50.1 Å². The Morgan fingerprint density at radius 3 is 2.47 bits per heavy atom. The molecule has 0 saturated carbocycles. The minimum atomic E-state index is -0.336. The van der Waals surface area contributed by atoms with Gasteiger partial charge in [-0.2, -0.15) is 0 Å². The van der Waals surface area contributed by atoms with Crippen molar-refractivity contribution in [3.63, 3.8) is 0 Å². The number of ether oxygens (including phenoxy) is 3. The van der Waals surface area contributed by atoms with Gasteiger partial charge in [0.1, 0.15) is 13.2 Å². The summed E-state index contributed by atoms with van der Waals surface area (Å²) in [4.78, 5) is 33.1. The van der Waals surface area contributed by atoms with Gasteiger partial charge >= 0.3 is 0 Å². The Hall–Kier alpha value is -4.34.